The third-order valence-corrected chi connectivity index (χ3v) is 3.19. The maximum absolute atomic E-state index is 11.0. The summed E-state index contributed by atoms with van der Waals surface area (Å²) in [7, 11) is -1.82. The molecule has 0 bridgehead atoms. The smallest absolute Gasteiger partial charge is 0.213 e. The number of halogens is 1. The van der Waals surface area contributed by atoms with Gasteiger partial charge in [-0.15, -0.1) is 0 Å². The molecule has 0 saturated heterocycles. The monoisotopic (exact) mass is 250 g/mol. The zero-order valence-electron chi connectivity index (χ0n) is 8.07. The number of hydrogen-bond acceptors (Lipinski definition) is 5. The van der Waals surface area contributed by atoms with Crippen LogP contribution in [0, 0.1) is 0 Å². The second-order valence-corrected chi connectivity index (χ2v) is 5.11. The maximum Gasteiger partial charge on any atom is 0.213 e. The lowest BCUT2D eigenvalue weighted by Crippen LogP contribution is -2.26. The lowest BCUT2D eigenvalue weighted by atomic mass is 10.5. The van der Waals surface area contributed by atoms with Crippen LogP contribution in [0.1, 0.15) is 0 Å². The molecule has 1 rings (SSSR count). The summed E-state index contributed by atoms with van der Waals surface area (Å²) in [5.41, 5.74) is 0. The fraction of sp³-hybridized carbons (Fsp3) is 0.429. The molecule has 0 aliphatic carbocycles. The van der Waals surface area contributed by atoms with E-state index in [0.717, 1.165) is 0 Å². The van der Waals surface area contributed by atoms with Crippen LogP contribution in [-0.2, 0) is 10.0 Å². The largest absolute Gasteiger partial charge is 0.369 e. The number of aromatic nitrogens is 2. The van der Waals surface area contributed by atoms with E-state index >= 15 is 0 Å². The predicted octanol–water partition coefficient (Wildman–Crippen LogP) is 0.0911. The second-order valence-electron chi connectivity index (χ2n) is 2.68. The van der Waals surface area contributed by atoms with Crippen molar-refractivity contribution in [2.75, 3.05) is 24.7 Å². The SMILES string of the molecule is CNS(=O)(=O)CCNc1cc(Cl)ncn1. The first-order valence-electron chi connectivity index (χ1n) is 4.16. The number of nitrogens with zero attached hydrogens (tertiary/aromatic N) is 2. The van der Waals surface area contributed by atoms with Gasteiger partial charge >= 0.3 is 0 Å². The Labute approximate surface area is 93.1 Å². The molecule has 8 heteroatoms. The minimum Gasteiger partial charge on any atom is -0.369 e. The Morgan fingerprint density at radius 1 is 1.47 bits per heavy atom. The van der Waals surface area contributed by atoms with Gasteiger partial charge in [0.1, 0.15) is 17.3 Å². The van der Waals surface area contributed by atoms with Gasteiger partial charge in [0, 0.05) is 12.6 Å². The number of hydrogen-bond donors (Lipinski definition) is 2. The zero-order valence-corrected chi connectivity index (χ0v) is 9.64. The van der Waals surface area contributed by atoms with Crippen LogP contribution in [0.4, 0.5) is 5.82 Å². The zero-order chi connectivity index (χ0) is 11.3. The van der Waals surface area contributed by atoms with E-state index in [2.05, 4.69) is 20.0 Å². The quantitative estimate of drug-likeness (QED) is 0.724. The molecule has 2 N–H and O–H groups in total. The molecule has 0 atom stereocenters. The highest BCUT2D eigenvalue weighted by Crippen LogP contribution is 2.07. The predicted molar refractivity (Wildman–Crippen MR) is 58.4 cm³/mol. The van der Waals surface area contributed by atoms with Gasteiger partial charge in [0.15, 0.2) is 0 Å². The van der Waals surface area contributed by atoms with Crippen molar-refractivity contribution < 1.29 is 8.42 Å². The van der Waals surface area contributed by atoms with Gasteiger partial charge in [0.05, 0.1) is 5.75 Å². The van der Waals surface area contributed by atoms with Crippen LogP contribution in [-0.4, -0.2) is 37.7 Å². The summed E-state index contributed by atoms with van der Waals surface area (Å²) >= 11 is 5.62. The summed E-state index contributed by atoms with van der Waals surface area (Å²) in [5, 5.41) is 3.13. The van der Waals surface area contributed by atoms with Gasteiger partial charge in [-0.05, 0) is 7.05 Å². The molecule has 0 unspecified atom stereocenters. The van der Waals surface area contributed by atoms with E-state index in [1.807, 2.05) is 0 Å². The van der Waals surface area contributed by atoms with Crippen LogP contribution < -0.4 is 10.0 Å². The summed E-state index contributed by atoms with van der Waals surface area (Å²) in [5.74, 6) is 0.479. The van der Waals surface area contributed by atoms with Gasteiger partial charge < -0.3 is 5.32 Å². The van der Waals surface area contributed by atoms with Crippen molar-refractivity contribution >= 4 is 27.4 Å². The van der Waals surface area contributed by atoms with Gasteiger partial charge in [-0.3, -0.25) is 0 Å². The molecule has 0 aliphatic rings. The Morgan fingerprint density at radius 3 is 2.80 bits per heavy atom. The molecule has 0 aromatic carbocycles. The Balaban J connectivity index is 2.45. The molecule has 1 aromatic rings. The summed E-state index contributed by atoms with van der Waals surface area (Å²) < 4.78 is 24.3. The molecule has 0 fully saturated rings. The second kappa shape index (κ2) is 5.24. The summed E-state index contributed by atoms with van der Waals surface area (Å²) in [4.78, 5) is 7.56. The molecule has 0 saturated carbocycles. The van der Waals surface area contributed by atoms with Crippen molar-refractivity contribution in [3.05, 3.63) is 17.5 Å². The van der Waals surface area contributed by atoms with Gasteiger partial charge in [-0.25, -0.2) is 23.1 Å². The minimum atomic E-state index is -3.19. The summed E-state index contributed by atoms with van der Waals surface area (Å²) in [6, 6.07) is 1.52. The molecule has 84 valence electrons. The number of anilines is 1. The average Bonchev–Trinajstić information content (AvgIpc) is 2.18. The van der Waals surface area contributed by atoms with Crippen molar-refractivity contribution in [1.29, 1.82) is 0 Å². The molecule has 1 heterocycles. The van der Waals surface area contributed by atoms with Crippen LogP contribution in [0.2, 0.25) is 5.15 Å². The third kappa shape index (κ3) is 4.41. The van der Waals surface area contributed by atoms with E-state index in [1.165, 1.54) is 19.4 Å². The topological polar surface area (TPSA) is 84.0 Å². The van der Waals surface area contributed by atoms with E-state index in [0.29, 0.717) is 11.0 Å². The fourth-order valence-corrected chi connectivity index (χ4v) is 1.57. The van der Waals surface area contributed by atoms with Crippen molar-refractivity contribution in [2.45, 2.75) is 0 Å². The normalized spacial score (nSPS) is 11.3. The fourth-order valence-electron chi connectivity index (χ4n) is 0.846. The van der Waals surface area contributed by atoms with Crippen LogP contribution >= 0.6 is 11.6 Å². The van der Waals surface area contributed by atoms with Crippen molar-refractivity contribution in [3.8, 4) is 0 Å². The Bertz CT molecular complexity index is 423. The van der Waals surface area contributed by atoms with Crippen molar-refractivity contribution in [2.24, 2.45) is 0 Å². The standard InChI is InChI=1S/C7H11ClN4O2S/c1-9-15(13,14)3-2-10-7-4-6(8)11-5-12-7/h4-5,9H,2-3H2,1H3,(H,10,11,12). The van der Waals surface area contributed by atoms with Crippen LogP contribution in [0.5, 0.6) is 0 Å². The highest BCUT2D eigenvalue weighted by Gasteiger charge is 2.05. The molecular weight excluding hydrogens is 240 g/mol. The van der Waals surface area contributed by atoms with E-state index < -0.39 is 10.0 Å². The molecule has 1 aromatic heterocycles. The summed E-state index contributed by atoms with van der Waals surface area (Å²) in [6.07, 6.45) is 1.30. The lowest BCUT2D eigenvalue weighted by Gasteiger charge is -2.05. The van der Waals surface area contributed by atoms with Gasteiger partial charge in [0.25, 0.3) is 0 Å². The Morgan fingerprint density at radius 2 is 2.20 bits per heavy atom. The van der Waals surface area contributed by atoms with Crippen molar-refractivity contribution in [3.63, 3.8) is 0 Å². The van der Waals surface area contributed by atoms with E-state index in [4.69, 9.17) is 11.6 Å². The maximum atomic E-state index is 11.0. The first-order chi connectivity index (χ1) is 7.03. The van der Waals surface area contributed by atoms with E-state index in [9.17, 15) is 8.42 Å². The first-order valence-corrected chi connectivity index (χ1v) is 6.19. The Hall–Kier alpha value is -0.920. The van der Waals surface area contributed by atoms with E-state index in [1.54, 1.807) is 0 Å². The van der Waals surface area contributed by atoms with Gasteiger partial charge in [-0.2, -0.15) is 0 Å². The van der Waals surface area contributed by atoms with Crippen molar-refractivity contribution in [1.82, 2.24) is 14.7 Å². The Kier molecular flexibility index (Phi) is 4.25. The molecule has 0 amide bonds. The molecule has 0 spiro atoms. The van der Waals surface area contributed by atoms with Gasteiger partial charge in [-0.1, -0.05) is 11.6 Å². The van der Waals surface area contributed by atoms with E-state index in [-0.39, 0.29) is 12.3 Å². The average molecular weight is 251 g/mol. The van der Waals surface area contributed by atoms with Crippen LogP contribution in [0.25, 0.3) is 0 Å². The van der Waals surface area contributed by atoms with Crippen LogP contribution in [0.15, 0.2) is 12.4 Å². The highest BCUT2D eigenvalue weighted by molar-refractivity contribution is 7.89. The first kappa shape index (κ1) is 12.2. The highest BCUT2D eigenvalue weighted by atomic mass is 35.5. The minimum absolute atomic E-state index is 0.0227. The molecule has 0 radical (unpaired) electrons. The van der Waals surface area contributed by atoms with Crippen LogP contribution in [0.3, 0.4) is 0 Å². The number of nitrogens with one attached hydrogen (secondary N) is 2. The molecule has 6 nitrogen and oxygen atoms in total. The number of rotatable bonds is 5. The third-order valence-electron chi connectivity index (χ3n) is 1.62. The molecule has 0 aliphatic heterocycles. The van der Waals surface area contributed by atoms with Gasteiger partial charge in [0.2, 0.25) is 10.0 Å². The lowest BCUT2D eigenvalue weighted by molar-refractivity contribution is 0.588. The molecular formula is C7H11ClN4O2S. The molecule has 15 heavy (non-hydrogen) atoms. The number of sulfonamides is 1. The summed E-state index contributed by atoms with van der Waals surface area (Å²) in [6.45, 7) is 0.260.